The van der Waals surface area contributed by atoms with Crippen LogP contribution in [0.1, 0.15) is 16.8 Å². The van der Waals surface area contributed by atoms with Gasteiger partial charge in [-0.15, -0.1) is 0 Å². The van der Waals surface area contributed by atoms with Crippen molar-refractivity contribution in [1.82, 2.24) is 4.90 Å². The molecule has 0 unspecified atom stereocenters. The Bertz CT molecular complexity index is 531. The van der Waals surface area contributed by atoms with Gasteiger partial charge < -0.3 is 4.90 Å². The molecule has 110 valence electrons. The lowest BCUT2D eigenvalue weighted by molar-refractivity contribution is -0.384. The fraction of sp³-hybridized carbons (Fsp3) is 0.364. The minimum absolute atomic E-state index is 0.515. The number of hydrogen-bond donors (Lipinski definition) is 0. The van der Waals surface area contributed by atoms with Crippen LogP contribution >= 0.6 is 0 Å². The Balaban J connectivity index is 2.91. The topological polar surface area (TPSA) is 63.5 Å². The van der Waals surface area contributed by atoms with E-state index in [-0.39, 0.29) is 0 Å². The Hall–Kier alpha value is -2.19. The van der Waals surface area contributed by atoms with Crippen molar-refractivity contribution in [3.63, 3.8) is 0 Å². The Morgan fingerprint density at radius 1 is 1.40 bits per heavy atom. The molecule has 1 amide bonds. The normalized spacial score (nSPS) is 11.2. The van der Waals surface area contributed by atoms with Crippen LogP contribution < -0.4 is 0 Å². The van der Waals surface area contributed by atoms with Gasteiger partial charge in [-0.05, 0) is 6.07 Å². The molecule has 0 fully saturated rings. The van der Waals surface area contributed by atoms with Crippen LogP contribution in [0.25, 0.3) is 0 Å². The zero-order chi connectivity index (χ0) is 15.5. The highest BCUT2D eigenvalue weighted by Crippen LogP contribution is 2.21. The van der Waals surface area contributed by atoms with Crippen LogP contribution in [0.4, 0.5) is 23.2 Å². The lowest BCUT2D eigenvalue weighted by atomic mass is 10.1. The third kappa shape index (κ3) is 4.18. The van der Waals surface area contributed by atoms with Crippen LogP contribution in [-0.4, -0.2) is 35.5 Å². The van der Waals surface area contributed by atoms with Gasteiger partial charge in [0.25, 0.3) is 11.6 Å². The number of hydrogen-bond acceptors (Lipinski definition) is 3. The SMILES string of the molecule is CN(CCC(F)(F)F)C(=O)c1cc([N+](=O)[O-])ccc1F. The molecular formula is C11H10F4N2O3. The van der Waals surface area contributed by atoms with Crippen LogP contribution in [0.3, 0.4) is 0 Å². The zero-order valence-corrected chi connectivity index (χ0v) is 10.3. The molecule has 0 bridgehead atoms. The number of rotatable bonds is 4. The van der Waals surface area contributed by atoms with E-state index in [0.29, 0.717) is 11.0 Å². The van der Waals surface area contributed by atoms with Crippen LogP contribution in [0, 0.1) is 15.9 Å². The van der Waals surface area contributed by atoms with E-state index in [1.807, 2.05) is 0 Å². The highest BCUT2D eigenvalue weighted by Gasteiger charge is 2.29. The lowest BCUT2D eigenvalue weighted by Gasteiger charge is -2.18. The Kier molecular flexibility index (Phi) is 4.64. The summed E-state index contributed by atoms with van der Waals surface area (Å²) < 4.78 is 49.5. The molecule has 5 nitrogen and oxygen atoms in total. The quantitative estimate of drug-likeness (QED) is 0.487. The summed E-state index contributed by atoms with van der Waals surface area (Å²) in [5.41, 5.74) is -1.15. The molecule has 20 heavy (non-hydrogen) atoms. The van der Waals surface area contributed by atoms with Gasteiger partial charge in [-0.25, -0.2) is 4.39 Å². The molecule has 0 aliphatic rings. The Labute approximate surface area is 110 Å². The zero-order valence-electron chi connectivity index (χ0n) is 10.3. The molecular weight excluding hydrogens is 284 g/mol. The van der Waals surface area contributed by atoms with Crippen LogP contribution in [0.5, 0.6) is 0 Å². The summed E-state index contributed by atoms with van der Waals surface area (Å²) in [4.78, 5) is 22.1. The van der Waals surface area contributed by atoms with Crippen LogP contribution in [0.2, 0.25) is 0 Å². The summed E-state index contributed by atoms with van der Waals surface area (Å²) in [6.07, 6.45) is -5.69. The summed E-state index contributed by atoms with van der Waals surface area (Å²) in [7, 11) is 1.06. The van der Waals surface area contributed by atoms with E-state index in [2.05, 4.69) is 0 Å². The van der Waals surface area contributed by atoms with Crippen molar-refractivity contribution in [2.24, 2.45) is 0 Å². The predicted octanol–water partition coefficient (Wildman–Crippen LogP) is 2.76. The third-order valence-corrected chi connectivity index (χ3v) is 2.47. The van der Waals surface area contributed by atoms with E-state index in [9.17, 15) is 32.5 Å². The maximum Gasteiger partial charge on any atom is 0.390 e. The number of benzene rings is 1. The lowest BCUT2D eigenvalue weighted by Crippen LogP contribution is -2.31. The second kappa shape index (κ2) is 5.85. The minimum Gasteiger partial charge on any atom is -0.341 e. The Morgan fingerprint density at radius 2 is 2.00 bits per heavy atom. The number of amides is 1. The van der Waals surface area contributed by atoms with Crippen molar-refractivity contribution < 1.29 is 27.3 Å². The minimum atomic E-state index is -4.45. The van der Waals surface area contributed by atoms with Gasteiger partial charge in [0.15, 0.2) is 0 Å². The van der Waals surface area contributed by atoms with E-state index in [1.54, 1.807) is 0 Å². The monoisotopic (exact) mass is 294 g/mol. The number of halogens is 4. The number of nitro groups is 1. The van der Waals surface area contributed by atoms with Crippen molar-refractivity contribution in [3.8, 4) is 0 Å². The number of nitrogens with zero attached hydrogens (tertiary/aromatic N) is 2. The van der Waals surface area contributed by atoms with Gasteiger partial charge in [-0.3, -0.25) is 14.9 Å². The van der Waals surface area contributed by atoms with Crippen LogP contribution in [0.15, 0.2) is 18.2 Å². The smallest absolute Gasteiger partial charge is 0.341 e. The number of carbonyl (C=O) groups excluding carboxylic acids is 1. The van der Waals surface area contributed by atoms with Gasteiger partial charge in [-0.2, -0.15) is 13.2 Å². The van der Waals surface area contributed by atoms with Gasteiger partial charge in [0.1, 0.15) is 5.82 Å². The number of carbonyl (C=O) groups is 1. The fourth-order valence-electron chi connectivity index (χ4n) is 1.39. The van der Waals surface area contributed by atoms with E-state index in [4.69, 9.17) is 0 Å². The summed E-state index contributed by atoms with van der Waals surface area (Å²) >= 11 is 0. The third-order valence-electron chi connectivity index (χ3n) is 2.47. The van der Waals surface area contributed by atoms with Gasteiger partial charge in [-0.1, -0.05) is 0 Å². The van der Waals surface area contributed by atoms with Crippen molar-refractivity contribution in [1.29, 1.82) is 0 Å². The first kappa shape index (κ1) is 15.9. The molecule has 0 radical (unpaired) electrons. The fourth-order valence-corrected chi connectivity index (χ4v) is 1.39. The molecule has 0 aliphatic carbocycles. The average molecular weight is 294 g/mol. The molecule has 0 atom stereocenters. The molecule has 9 heteroatoms. The largest absolute Gasteiger partial charge is 0.390 e. The van der Waals surface area contributed by atoms with Crippen LogP contribution in [-0.2, 0) is 0 Å². The maximum absolute atomic E-state index is 13.4. The first-order valence-corrected chi connectivity index (χ1v) is 5.38. The molecule has 0 saturated carbocycles. The Morgan fingerprint density at radius 3 is 2.50 bits per heavy atom. The molecule has 0 saturated heterocycles. The van der Waals surface area contributed by atoms with Gasteiger partial charge in [0.05, 0.1) is 16.9 Å². The van der Waals surface area contributed by atoms with E-state index < -0.39 is 47.0 Å². The second-order valence-electron chi connectivity index (χ2n) is 4.01. The standard InChI is InChI=1S/C11H10F4N2O3/c1-16(5-4-11(13,14)15)10(18)8-6-7(17(19)20)2-3-9(8)12/h2-3,6H,4-5H2,1H3. The number of nitro benzene ring substituents is 1. The molecule has 1 aromatic carbocycles. The summed E-state index contributed by atoms with van der Waals surface area (Å²) in [5.74, 6) is -2.07. The maximum atomic E-state index is 13.4. The van der Waals surface area contributed by atoms with Gasteiger partial charge >= 0.3 is 6.18 Å². The van der Waals surface area contributed by atoms with E-state index in [1.165, 1.54) is 0 Å². The van der Waals surface area contributed by atoms with Gasteiger partial charge in [0, 0.05) is 25.7 Å². The van der Waals surface area contributed by atoms with Crippen molar-refractivity contribution in [3.05, 3.63) is 39.7 Å². The highest BCUT2D eigenvalue weighted by molar-refractivity contribution is 5.94. The molecule has 0 aromatic heterocycles. The molecule has 0 aliphatic heterocycles. The summed E-state index contributed by atoms with van der Waals surface area (Å²) in [6, 6.07) is 2.28. The molecule has 1 aromatic rings. The van der Waals surface area contributed by atoms with E-state index in [0.717, 1.165) is 19.2 Å². The van der Waals surface area contributed by atoms with Crippen molar-refractivity contribution >= 4 is 11.6 Å². The molecule has 0 N–H and O–H groups in total. The molecule has 0 spiro atoms. The number of non-ortho nitro benzene ring substituents is 1. The molecule has 1 rings (SSSR count). The summed E-state index contributed by atoms with van der Waals surface area (Å²) in [6.45, 7) is -0.662. The van der Waals surface area contributed by atoms with Gasteiger partial charge in [0.2, 0.25) is 0 Å². The van der Waals surface area contributed by atoms with E-state index >= 15 is 0 Å². The van der Waals surface area contributed by atoms with Crippen molar-refractivity contribution in [2.75, 3.05) is 13.6 Å². The highest BCUT2D eigenvalue weighted by atomic mass is 19.4. The first-order valence-electron chi connectivity index (χ1n) is 5.38. The number of alkyl halides is 3. The summed E-state index contributed by atoms with van der Waals surface area (Å²) in [5, 5.41) is 10.5. The first-order chi connectivity index (χ1) is 9.11. The molecule has 0 heterocycles. The second-order valence-corrected chi connectivity index (χ2v) is 4.01. The predicted molar refractivity (Wildman–Crippen MR) is 60.7 cm³/mol. The average Bonchev–Trinajstić information content (AvgIpc) is 2.34. The van der Waals surface area contributed by atoms with Crippen molar-refractivity contribution in [2.45, 2.75) is 12.6 Å².